The fraction of sp³-hybridized carbons (Fsp3) is 0.400. The quantitative estimate of drug-likeness (QED) is 0.332. The van der Waals surface area contributed by atoms with E-state index in [0.717, 1.165) is 0 Å². The highest BCUT2D eigenvalue weighted by Crippen LogP contribution is 1.86. The number of terminal acetylenes is 1. The Hall–Kier alpha value is -1.03. The molecule has 0 heterocycles. The molecule has 0 fully saturated rings. The van der Waals surface area contributed by atoms with Gasteiger partial charge in [-0.05, 0) is 0 Å². The van der Waals surface area contributed by atoms with Crippen LogP contribution < -0.4 is 0 Å². The van der Waals surface area contributed by atoms with E-state index in [4.69, 9.17) is 15.5 Å². The van der Waals surface area contributed by atoms with Crippen molar-refractivity contribution in [3.05, 3.63) is 0 Å². The number of nitrogens with zero attached hydrogens (tertiary/aromatic N) is 1. The third-order valence-electron chi connectivity index (χ3n) is 0.602. The lowest BCUT2D eigenvalue weighted by Crippen LogP contribution is -2.21. The van der Waals surface area contributed by atoms with Crippen molar-refractivity contribution >= 4 is 0 Å². The molecular formula is C5H5NO2. The number of aliphatic hydroxyl groups is 2. The van der Waals surface area contributed by atoms with E-state index >= 15 is 0 Å². The first-order valence-corrected chi connectivity index (χ1v) is 1.94. The lowest BCUT2D eigenvalue weighted by Gasteiger charge is -2.00. The summed E-state index contributed by atoms with van der Waals surface area (Å²) < 4.78 is 0. The van der Waals surface area contributed by atoms with Gasteiger partial charge in [0.25, 0.3) is 0 Å². The first kappa shape index (κ1) is 6.97. The van der Waals surface area contributed by atoms with Crippen LogP contribution in [0.1, 0.15) is 0 Å². The van der Waals surface area contributed by atoms with Crippen LogP contribution >= 0.6 is 0 Å². The van der Waals surface area contributed by atoms with E-state index in [1.165, 1.54) is 6.07 Å². The van der Waals surface area contributed by atoms with E-state index < -0.39 is 12.2 Å². The summed E-state index contributed by atoms with van der Waals surface area (Å²) in [6.45, 7) is 0. The van der Waals surface area contributed by atoms with E-state index in [1.807, 2.05) is 0 Å². The molecule has 8 heavy (non-hydrogen) atoms. The summed E-state index contributed by atoms with van der Waals surface area (Å²) in [5.74, 6) is 1.80. The van der Waals surface area contributed by atoms with Crippen LogP contribution in [-0.2, 0) is 0 Å². The van der Waals surface area contributed by atoms with Crippen molar-refractivity contribution in [3.63, 3.8) is 0 Å². The molecule has 42 valence electrons. The Morgan fingerprint density at radius 1 is 1.38 bits per heavy atom. The van der Waals surface area contributed by atoms with Gasteiger partial charge in [0.15, 0.2) is 12.2 Å². The maximum atomic E-state index is 8.42. The molecule has 0 aliphatic heterocycles. The van der Waals surface area contributed by atoms with Crippen LogP contribution in [0.4, 0.5) is 0 Å². The summed E-state index contributed by atoms with van der Waals surface area (Å²) >= 11 is 0. The molecule has 0 radical (unpaired) electrons. The third kappa shape index (κ3) is 1.61. The second-order valence-corrected chi connectivity index (χ2v) is 1.19. The van der Waals surface area contributed by atoms with Gasteiger partial charge in [-0.15, -0.1) is 6.42 Å². The molecule has 0 aliphatic carbocycles. The first-order chi connectivity index (χ1) is 3.72. The zero-order valence-corrected chi connectivity index (χ0v) is 4.07. The predicted octanol–water partition coefficient (Wildman–Crippen LogP) is -1.14. The van der Waals surface area contributed by atoms with Gasteiger partial charge in [-0.2, -0.15) is 5.26 Å². The van der Waals surface area contributed by atoms with Gasteiger partial charge < -0.3 is 10.2 Å². The Kier molecular flexibility index (Phi) is 2.64. The predicted molar refractivity (Wildman–Crippen MR) is 26.5 cm³/mol. The topological polar surface area (TPSA) is 64.2 Å². The van der Waals surface area contributed by atoms with Gasteiger partial charge in [0, 0.05) is 0 Å². The summed E-state index contributed by atoms with van der Waals surface area (Å²) in [6.07, 6.45) is 1.82. The molecule has 0 saturated carbocycles. The average Bonchev–Trinajstić information content (AvgIpc) is 1.84. The van der Waals surface area contributed by atoms with Crippen LogP contribution in [0.25, 0.3) is 0 Å². The minimum atomic E-state index is -1.46. The molecule has 0 saturated heterocycles. The normalized spacial score (nSPS) is 15.5. The highest BCUT2D eigenvalue weighted by Gasteiger charge is 2.09. The second-order valence-electron chi connectivity index (χ2n) is 1.19. The summed E-state index contributed by atoms with van der Waals surface area (Å²) in [7, 11) is 0. The molecule has 0 aliphatic rings. The van der Waals surface area contributed by atoms with Gasteiger partial charge in [-0.25, -0.2) is 0 Å². The van der Waals surface area contributed by atoms with Gasteiger partial charge >= 0.3 is 0 Å². The molecule has 0 amide bonds. The molecular weight excluding hydrogens is 106 g/mol. The molecule has 0 rings (SSSR count). The van der Waals surface area contributed by atoms with Crippen molar-refractivity contribution in [2.45, 2.75) is 12.2 Å². The van der Waals surface area contributed by atoms with Gasteiger partial charge in [0.1, 0.15) is 0 Å². The smallest absolute Gasteiger partial charge is 0.177 e. The maximum absolute atomic E-state index is 8.42. The van der Waals surface area contributed by atoms with Gasteiger partial charge in [0.05, 0.1) is 6.07 Å². The lowest BCUT2D eigenvalue weighted by molar-refractivity contribution is 0.0919. The van der Waals surface area contributed by atoms with Crippen LogP contribution in [0.2, 0.25) is 0 Å². The van der Waals surface area contributed by atoms with Crippen molar-refractivity contribution in [2.24, 2.45) is 0 Å². The zero-order chi connectivity index (χ0) is 6.57. The largest absolute Gasteiger partial charge is 0.376 e. The molecule has 0 aromatic heterocycles. The average molecular weight is 111 g/mol. The Bertz CT molecular complexity index is 123. The van der Waals surface area contributed by atoms with E-state index in [-0.39, 0.29) is 0 Å². The van der Waals surface area contributed by atoms with Crippen LogP contribution in [-0.4, -0.2) is 22.4 Å². The van der Waals surface area contributed by atoms with Gasteiger partial charge in [0.2, 0.25) is 0 Å². The minimum absolute atomic E-state index is 1.36. The molecule has 0 aromatic rings. The SMILES string of the molecule is C#CC(O)C(O)C#N. The van der Waals surface area contributed by atoms with Crippen molar-refractivity contribution in [2.75, 3.05) is 0 Å². The van der Waals surface area contributed by atoms with Crippen LogP contribution in [0, 0.1) is 23.7 Å². The summed E-state index contributed by atoms with van der Waals surface area (Å²) in [5, 5.41) is 24.7. The number of nitriles is 1. The fourth-order valence-corrected chi connectivity index (χ4v) is 0.162. The Morgan fingerprint density at radius 3 is 2.00 bits per heavy atom. The van der Waals surface area contributed by atoms with Crippen LogP contribution in [0.3, 0.4) is 0 Å². The molecule has 2 atom stereocenters. The van der Waals surface area contributed by atoms with Crippen molar-refractivity contribution in [1.29, 1.82) is 5.26 Å². The highest BCUT2D eigenvalue weighted by atomic mass is 16.3. The molecule has 2 unspecified atom stereocenters. The monoisotopic (exact) mass is 111 g/mol. The highest BCUT2D eigenvalue weighted by molar-refractivity contribution is 5.04. The molecule has 0 spiro atoms. The molecule has 3 heteroatoms. The lowest BCUT2D eigenvalue weighted by atomic mass is 10.2. The molecule has 3 nitrogen and oxygen atoms in total. The van der Waals surface area contributed by atoms with E-state index in [0.29, 0.717) is 0 Å². The van der Waals surface area contributed by atoms with Crippen molar-refractivity contribution in [1.82, 2.24) is 0 Å². The standard InChI is InChI=1S/C5H5NO2/c1-2-4(7)5(8)3-6/h1,4-5,7-8H. The zero-order valence-electron chi connectivity index (χ0n) is 4.07. The Morgan fingerprint density at radius 2 is 1.88 bits per heavy atom. The number of rotatable bonds is 1. The van der Waals surface area contributed by atoms with Crippen LogP contribution in [0.15, 0.2) is 0 Å². The molecule has 2 N–H and O–H groups in total. The number of hydrogen-bond acceptors (Lipinski definition) is 3. The summed E-state index contributed by atoms with van der Waals surface area (Å²) in [4.78, 5) is 0. The molecule has 0 bridgehead atoms. The first-order valence-electron chi connectivity index (χ1n) is 1.94. The van der Waals surface area contributed by atoms with E-state index in [2.05, 4.69) is 6.42 Å². The minimum Gasteiger partial charge on any atom is -0.376 e. The van der Waals surface area contributed by atoms with E-state index in [1.54, 1.807) is 5.92 Å². The van der Waals surface area contributed by atoms with Crippen molar-refractivity contribution in [3.8, 4) is 18.4 Å². The van der Waals surface area contributed by atoms with Gasteiger partial charge in [-0.1, -0.05) is 5.92 Å². The number of aliphatic hydroxyl groups excluding tert-OH is 2. The Balaban J connectivity index is 3.72. The number of hydrogen-bond donors (Lipinski definition) is 2. The summed E-state index contributed by atoms with van der Waals surface area (Å²) in [6, 6.07) is 1.38. The van der Waals surface area contributed by atoms with Gasteiger partial charge in [-0.3, -0.25) is 0 Å². The Labute approximate surface area is 47.2 Å². The molecule has 0 aromatic carbocycles. The third-order valence-corrected chi connectivity index (χ3v) is 0.602. The second kappa shape index (κ2) is 3.04. The van der Waals surface area contributed by atoms with Crippen molar-refractivity contribution < 1.29 is 10.2 Å². The van der Waals surface area contributed by atoms with Crippen LogP contribution in [0.5, 0.6) is 0 Å². The fourth-order valence-electron chi connectivity index (χ4n) is 0.162. The summed E-state index contributed by atoms with van der Waals surface area (Å²) in [5.41, 5.74) is 0. The maximum Gasteiger partial charge on any atom is 0.177 e. The van der Waals surface area contributed by atoms with E-state index in [9.17, 15) is 0 Å².